The van der Waals surface area contributed by atoms with Gasteiger partial charge in [-0.3, -0.25) is 0 Å². The van der Waals surface area contributed by atoms with E-state index in [1.807, 2.05) is 30.3 Å². The lowest BCUT2D eigenvalue weighted by Crippen LogP contribution is -2.15. The molecule has 0 aliphatic carbocycles. The first-order valence-electron chi connectivity index (χ1n) is 8.05. The zero-order chi connectivity index (χ0) is 17.2. The highest BCUT2D eigenvalue weighted by Gasteiger charge is 2.22. The van der Waals surface area contributed by atoms with Crippen molar-refractivity contribution in [2.45, 2.75) is 18.9 Å². The smallest absolute Gasteiger partial charge is 0.219 e. The van der Waals surface area contributed by atoms with Gasteiger partial charge >= 0.3 is 0 Å². The van der Waals surface area contributed by atoms with Crippen LogP contribution in [0.4, 0.5) is 0 Å². The van der Waals surface area contributed by atoms with Crippen LogP contribution in [0.5, 0.6) is 23.1 Å². The second kappa shape index (κ2) is 6.65. The highest BCUT2D eigenvalue weighted by atomic mass is 35.5. The molecule has 0 spiro atoms. The van der Waals surface area contributed by atoms with Gasteiger partial charge in [0.1, 0.15) is 23.4 Å². The molecule has 0 bridgehead atoms. The topological polar surface area (TPSA) is 51.6 Å². The van der Waals surface area contributed by atoms with Crippen molar-refractivity contribution < 1.29 is 14.6 Å². The number of hydrogen-bond acceptors (Lipinski definition) is 4. The SMILES string of the molecule is Oc1ccc2c(c1)CCC(c1cccc(Oc3ccc(Cl)cn3)c1)O2. The Balaban J connectivity index is 1.53. The Hall–Kier alpha value is -2.72. The van der Waals surface area contributed by atoms with Gasteiger partial charge in [0.2, 0.25) is 5.88 Å². The van der Waals surface area contributed by atoms with Gasteiger partial charge in [-0.25, -0.2) is 4.98 Å². The molecule has 2 heterocycles. The van der Waals surface area contributed by atoms with Crippen LogP contribution in [-0.4, -0.2) is 10.1 Å². The van der Waals surface area contributed by atoms with Gasteiger partial charge in [0.25, 0.3) is 0 Å². The van der Waals surface area contributed by atoms with Gasteiger partial charge in [0.15, 0.2) is 0 Å². The van der Waals surface area contributed by atoms with E-state index in [1.54, 1.807) is 30.5 Å². The predicted molar refractivity (Wildman–Crippen MR) is 95.6 cm³/mol. The fraction of sp³-hybridized carbons (Fsp3) is 0.150. The number of rotatable bonds is 3. The average molecular weight is 354 g/mol. The van der Waals surface area contributed by atoms with Gasteiger partial charge in [0.05, 0.1) is 5.02 Å². The highest BCUT2D eigenvalue weighted by molar-refractivity contribution is 6.30. The summed E-state index contributed by atoms with van der Waals surface area (Å²) in [5, 5.41) is 10.1. The molecule has 1 aliphatic rings. The lowest BCUT2D eigenvalue weighted by molar-refractivity contribution is 0.176. The minimum absolute atomic E-state index is 0.0428. The summed E-state index contributed by atoms with van der Waals surface area (Å²) in [5.41, 5.74) is 2.08. The van der Waals surface area contributed by atoms with E-state index in [0.717, 1.165) is 29.7 Å². The third-order valence-corrected chi connectivity index (χ3v) is 4.37. The first-order chi connectivity index (χ1) is 12.2. The van der Waals surface area contributed by atoms with Crippen LogP contribution in [0.2, 0.25) is 5.02 Å². The quantitative estimate of drug-likeness (QED) is 0.694. The van der Waals surface area contributed by atoms with Crippen molar-refractivity contribution in [1.82, 2.24) is 4.98 Å². The Morgan fingerprint density at radius 3 is 2.88 bits per heavy atom. The number of fused-ring (bicyclic) bond motifs is 1. The number of phenolic OH excluding ortho intramolecular Hbond substituents is 1. The number of aromatic hydroxyl groups is 1. The molecule has 0 amide bonds. The third-order valence-electron chi connectivity index (χ3n) is 4.14. The number of phenols is 1. The van der Waals surface area contributed by atoms with Gasteiger partial charge in [-0.2, -0.15) is 0 Å². The fourth-order valence-electron chi connectivity index (χ4n) is 2.93. The van der Waals surface area contributed by atoms with E-state index >= 15 is 0 Å². The second-order valence-electron chi connectivity index (χ2n) is 5.93. The molecule has 3 aromatic rings. The molecule has 0 fully saturated rings. The van der Waals surface area contributed by atoms with E-state index < -0.39 is 0 Å². The summed E-state index contributed by atoms with van der Waals surface area (Å²) >= 11 is 5.84. The Kier molecular flexibility index (Phi) is 4.20. The lowest BCUT2D eigenvalue weighted by Gasteiger charge is -2.26. The maximum Gasteiger partial charge on any atom is 0.219 e. The first-order valence-corrected chi connectivity index (χ1v) is 8.43. The van der Waals surface area contributed by atoms with Gasteiger partial charge < -0.3 is 14.6 Å². The van der Waals surface area contributed by atoms with Crippen molar-refractivity contribution in [1.29, 1.82) is 0 Å². The van der Waals surface area contributed by atoms with E-state index in [4.69, 9.17) is 21.1 Å². The van der Waals surface area contributed by atoms with Gasteiger partial charge in [-0.1, -0.05) is 23.7 Å². The zero-order valence-corrected chi connectivity index (χ0v) is 14.1. The molecule has 0 radical (unpaired) electrons. The minimum Gasteiger partial charge on any atom is -0.508 e. The van der Waals surface area contributed by atoms with Gasteiger partial charge in [-0.05, 0) is 60.4 Å². The maximum atomic E-state index is 9.58. The summed E-state index contributed by atoms with van der Waals surface area (Å²) in [4.78, 5) is 4.14. The summed E-state index contributed by atoms with van der Waals surface area (Å²) < 4.78 is 11.9. The first kappa shape index (κ1) is 15.8. The average Bonchev–Trinajstić information content (AvgIpc) is 2.63. The largest absolute Gasteiger partial charge is 0.508 e. The minimum atomic E-state index is -0.0428. The zero-order valence-electron chi connectivity index (χ0n) is 13.4. The van der Waals surface area contributed by atoms with Crippen molar-refractivity contribution in [2.24, 2.45) is 0 Å². The van der Waals surface area contributed by atoms with Crippen molar-refractivity contribution in [3.63, 3.8) is 0 Å². The number of aryl methyl sites for hydroxylation is 1. The number of benzene rings is 2. The molecule has 1 aliphatic heterocycles. The molecule has 1 aromatic heterocycles. The van der Waals surface area contributed by atoms with Crippen LogP contribution in [0.3, 0.4) is 0 Å². The molecule has 0 saturated carbocycles. The van der Waals surface area contributed by atoms with Crippen LogP contribution in [-0.2, 0) is 6.42 Å². The Morgan fingerprint density at radius 1 is 1.12 bits per heavy atom. The lowest BCUT2D eigenvalue weighted by atomic mass is 9.97. The molecule has 1 unspecified atom stereocenters. The molecule has 0 saturated heterocycles. The van der Waals surface area contributed by atoms with Crippen LogP contribution in [0.1, 0.15) is 23.7 Å². The predicted octanol–water partition coefficient (Wildman–Crippen LogP) is 5.30. The normalized spacial score (nSPS) is 16.0. The summed E-state index contributed by atoms with van der Waals surface area (Å²) in [7, 11) is 0. The van der Waals surface area contributed by atoms with E-state index in [1.165, 1.54) is 0 Å². The fourth-order valence-corrected chi connectivity index (χ4v) is 3.04. The number of ether oxygens (including phenoxy) is 2. The van der Waals surface area contributed by atoms with Crippen molar-refractivity contribution in [2.75, 3.05) is 0 Å². The molecule has 2 aromatic carbocycles. The number of hydrogen-bond donors (Lipinski definition) is 1. The van der Waals surface area contributed by atoms with Crippen LogP contribution in [0.15, 0.2) is 60.8 Å². The van der Waals surface area contributed by atoms with Crippen molar-refractivity contribution >= 4 is 11.6 Å². The summed E-state index contributed by atoms with van der Waals surface area (Å²) in [6.07, 6.45) is 3.22. The second-order valence-corrected chi connectivity index (χ2v) is 6.36. The Bertz CT molecular complexity index is 896. The van der Waals surface area contributed by atoms with Crippen LogP contribution < -0.4 is 9.47 Å². The van der Waals surface area contributed by atoms with E-state index in [-0.39, 0.29) is 11.9 Å². The Morgan fingerprint density at radius 2 is 2.04 bits per heavy atom. The number of nitrogens with zero attached hydrogens (tertiary/aromatic N) is 1. The standard InChI is InChI=1S/C20H16ClNO3/c21-15-5-9-20(22-12-15)24-17-3-1-2-13(11-17)18-7-4-14-10-16(23)6-8-19(14)25-18/h1-3,5-6,8-12,18,23H,4,7H2. The van der Waals surface area contributed by atoms with Gasteiger partial charge in [-0.15, -0.1) is 0 Å². The van der Waals surface area contributed by atoms with Crippen molar-refractivity contribution in [3.8, 4) is 23.1 Å². The molecule has 4 rings (SSSR count). The van der Waals surface area contributed by atoms with E-state index in [9.17, 15) is 5.11 Å². The van der Waals surface area contributed by atoms with Crippen molar-refractivity contribution in [3.05, 3.63) is 76.9 Å². The summed E-state index contributed by atoms with van der Waals surface area (Å²) in [6, 6.07) is 16.5. The molecule has 1 atom stereocenters. The van der Waals surface area contributed by atoms with Gasteiger partial charge in [0, 0.05) is 12.3 Å². The third kappa shape index (κ3) is 3.54. The van der Waals surface area contributed by atoms with Crippen LogP contribution in [0, 0.1) is 0 Å². The highest BCUT2D eigenvalue weighted by Crippen LogP contribution is 2.37. The number of pyridine rings is 1. The molecular formula is C20H16ClNO3. The Labute approximate surface area is 150 Å². The molecule has 4 nitrogen and oxygen atoms in total. The monoisotopic (exact) mass is 353 g/mol. The molecule has 5 heteroatoms. The molecule has 126 valence electrons. The summed E-state index contributed by atoms with van der Waals surface area (Å²) in [6.45, 7) is 0. The maximum absolute atomic E-state index is 9.58. The van der Waals surface area contributed by atoms with E-state index in [0.29, 0.717) is 16.7 Å². The van der Waals surface area contributed by atoms with E-state index in [2.05, 4.69) is 4.98 Å². The van der Waals surface area contributed by atoms with Crippen LogP contribution in [0.25, 0.3) is 0 Å². The molecular weight excluding hydrogens is 338 g/mol. The number of halogens is 1. The summed E-state index contributed by atoms with van der Waals surface area (Å²) in [5.74, 6) is 2.28. The number of aromatic nitrogens is 1. The molecule has 1 N–H and O–H groups in total. The van der Waals surface area contributed by atoms with Crippen LogP contribution >= 0.6 is 11.6 Å². The molecule has 25 heavy (non-hydrogen) atoms.